The van der Waals surface area contributed by atoms with Crippen molar-refractivity contribution in [2.45, 2.75) is 6.92 Å². The van der Waals surface area contributed by atoms with Gasteiger partial charge in [0.05, 0.1) is 23.8 Å². The summed E-state index contributed by atoms with van der Waals surface area (Å²) in [6, 6.07) is 4.74. The van der Waals surface area contributed by atoms with Gasteiger partial charge in [-0.05, 0) is 41.1 Å². The molecule has 8 nitrogen and oxygen atoms in total. The van der Waals surface area contributed by atoms with Crippen LogP contribution in [0.25, 0.3) is 0 Å². The van der Waals surface area contributed by atoms with Gasteiger partial charge in [-0.1, -0.05) is 0 Å². The van der Waals surface area contributed by atoms with Crippen molar-refractivity contribution < 1.29 is 28.6 Å². The molecule has 0 aromatic heterocycles. The molecule has 1 aliphatic heterocycles. The van der Waals surface area contributed by atoms with Gasteiger partial charge in [-0.3, -0.25) is 4.79 Å². The zero-order chi connectivity index (χ0) is 19.1. The number of hydrogen-bond donors (Lipinski definition) is 0. The van der Waals surface area contributed by atoms with E-state index in [9.17, 15) is 14.4 Å². The van der Waals surface area contributed by atoms with Gasteiger partial charge in [0.25, 0.3) is 5.91 Å². The van der Waals surface area contributed by atoms with Crippen LogP contribution in [0, 0.1) is 0 Å². The minimum atomic E-state index is -0.451. The number of halogens is 1. The van der Waals surface area contributed by atoms with Crippen molar-refractivity contribution >= 4 is 33.9 Å². The van der Waals surface area contributed by atoms with Gasteiger partial charge in [-0.15, -0.1) is 0 Å². The molecule has 0 saturated carbocycles. The van der Waals surface area contributed by atoms with Crippen LogP contribution in [-0.2, 0) is 14.3 Å². The van der Waals surface area contributed by atoms with Gasteiger partial charge in [0.2, 0.25) is 0 Å². The number of carbonyl (C=O) groups excluding carboxylic acids is 3. The zero-order valence-corrected chi connectivity index (χ0v) is 16.3. The molecule has 0 spiro atoms. The molecule has 2 rings (SSSR count). The molecule has 142 valence electrons. The van der Waals surface area contributed by atoms with Crippen LogP contribution >= 0.6 is 15.9 Å². The molecule has 9 heteroatoms. The van der Waals surface area contributed by atoms with E-state index in [2.05, 4.69) is 20.7 Å². The van der Waals surface area contributed by atoms with Crippen LogP contribution in [-0.4, -0.2) is 74.3 Å². The van der Waals surface area contributed by atoms with E-state index in [1.54, 1.807) is 34.9 Å². The molecule has 1 saturated heterocycles. The predicted octanol–water partition coefficient (Wildman–Crippen LogP) is 1.92. The molecule has 0 radical (unpaired) electrons. The van der Waals surface area contributed by atoms with E-state index in [0.717, 1.165) is 0 Å². The van der Waals surface area contributed by atoms with Crippen molar-refractivity contribution in [1.29, 1.82) is 0 Å². The van der Waals surface area contributed by atoms with E-state index < -0.39 is 5.97 Å². The first-order valence-electron chi connectivity index (χ1n) is 8.16. The first kappa shape index (κ1) is 20.0. The van der Waals surface area contributed by atoms with Crippen LogP contribution in [0.1, 0.15) is 17.3 Å². The Hall–Kier alpha value is -2.29. The molecule has 26 heavy (non-hydrogen) atoms. The quantitative estimate of drug-likeness (QED) is 0.665. The van der Waals surface area contributed by atoms with Gasteiger partial charge in [-0.25, -0.2) is 9.59 Å². The van der Waals surface area contributed by atoms with Crippen molar-refractivity contribution in [2.75, 3.05) is 46.5 Å². The van der Waals surface area contributed by atoms with Crippen LogP contribution in [0.4, 0.5) is 4.79 Å². The molecule has 1 heterocycles. The van der Waals surface area contributed by atoms with Crippen molar-refractivity contribution in [3.63, 3.8) is 0 Å². The number of nitrogens with zero attached hydrogens (tertiary/aromatic N) is 2. The van der Waals surface area contributed by atoms with Crippen LogP contribution in [0.3, 0.4) is 0 Å². The minimum absolute atomic E-state index is 0.129. The van der Waals surface area contributed by atoms with Crippen molar-refractivity contribution in [1.82, 2.24) is 9.80 Å². The van der Waals surface area contributed by atoms with Gasteiger partial charge in [-0.2, -0.15) is 0 Å². The second kappa shape index (κ2) is 9.42. The molecule has 0 unspecified atom stereocenters. The molecule has 1 aromatic carbocycles. The Kier molecular flexibility index (Phi) is 7.26. The SMILES string of the molecule is CCOC(=O)N1CCN(C(=O)COc2ccc(C(=O)OC)cc2Br)CC1. The Bertz CT molecular complexity index is 673. The van der Waals surface area contributed by atoms with E-state index >= 15 is 0 Å². The molecule has 0 bridgehead atoms. The summed E-state index contributed by atoms with van der Waals surface area (Å²) in [6.07, 6.45) is -0.356. The highest BCUT2D eigenvalue weighted by molar-refractivity contribution is 9.10. The summed E-state index contributed by atoms with van der Waals surface area (Å²) in [6.45, 7) is 3.69. The van der Waals surface area contributed by atoms with Crippen molar-refractivity contribution in [3.8, 4) is 5.75 Å². The Morgan fingerprint density at radius 3 is 2.35 bits per heavy atom. The standard InChI is InChI=1S/C17H21BrN2O6/c1-3-25-17(23)20-8-6-19(7-9-20)15(21)11-26-14-5-4-12(10-13(14)18)16(22)24-2/h4-5,10H,3,6-9,11H2,1-2H3. The number of benzene rings is 1. The monoisotopic (exact) mass is 428 g/mol. The lowest BCUT2D eigenvalue weighted by Crippen LogP contribution is -2.51. The largest absolute Gasteiger partial charge is 0.483 e. The molecule has 1 aliphatic rings. The van der Waals surface area contributed by atoms with E-state index in [1.807, 2.05) is 0 Å². The summed E-state index contributed by atoms with van der Waals surface area (Å²) < 4.78 is 15.7. The predicted molar refractivity (Wildman–Crippen MR) is 96.2 cm³/mol. The fourth-order valence-electron chi connectivity index (χ4n) is 2.45. The first-order chi connectivity index (χ1) is 12.5. The second-order valence-corrected chi connectivity index (χ2v) is 6.35. The lowest BCUT2D eigenvalue weighted by molar-refractivity contribution is -0.135. The maximum atomic E-state index is 12.3. The van der Waals surface area contributed by atoms with Crippen LogP contribution in [0.5, 0.6) is 5.75 Å². The van der Waals surface area contributed by atoms with Gasteiger partial charge in [0, 0.05) is 26.2 Å². The third-order valence-electron chi connectivity index (χ3n) is 3.86. The fraction of sp³-hybridized carbons (Fsp3) is 0.471. The Morgan fingerprint density at radius 2 is 1.77 bits per heavy atom. The molecule has 0 aliphatic carbocycles. The Labute approximate surface area is 160 Å². The number of esters is 1. The molecule has 1 aromatic rings. The fourth-order valence-corrected chi connectivity index (χ4v) is 2.94. The average Bonchev–Trinajstić information content (AvgIpc) is 2.66. The first-order valence-corrected chi connectivity index (χ1v) is 8.95. The van der Waals surface area contributed by atoms with E-state index in [1.165, 1.54) is 7.11 Å². The summed E-state index contributed by atoms with van der Waals surface area (Å²) >= 11 is 3.31. The molecule has 0 atom stereocenters. The molecule has 2 amide bonds. The number of methoxy groups -OCH3 is 1. The smallest absolute Gasteiger partial charge is 0.409 e. The summed E-state index contributed by atoms with van der Waals surface area (Å²) in [7, 11) is 1.31. The molecular weight excluding hydrogens is 408 g/mol. The summed E-state index contributed by atoms with van der Waals surface area (Å²) in [4.78, 5) is 38.6. The third kappa shape index (κ3) is 5.10. The Morgan fingerprint density at radius 1 is 1.12 bits per heavy atom. The van der Waals surface area contributed by atoms with Crippen LogP contribution in [0.15, 0.2) is 22.7 Å². The van der Waals surface area contributed by atoms with Gasteiger partial charge in [0.1, 0.15) is 5.75 Å². The third-order valence-corrected chi connectivity index (χ3v) is 4.48. The minimum Gasteiger partial charge on any atom is -0.483 e. The van der Waals surface area contributed by atoms with Crippen LogP contribution < -0.4 is 4.74 Å². The maximum absolute atomic E-state index is 12.3. The van der Waals surface area contributed by atoms with E-state index in [-0.39, 0.29) is 18.6 Å². The van der Waals surface area contributed by atoms with E-state index in [0.29, 0.717) is 48.6 Å². The van der Waals surface area contributed by atoms with Gasteiger partial charge in [0.15, 0.2) is 6.61 Å². The lowest BCUT2D eigenvalue weighted by atomic mass is 10.2. The number of hydrogen-bond acceptors (Lipinski definition) is 6. The topological polar surface area (TPSA) is 85.4 Å². The average molecular weight is 429 g/mol. The van der Waals surface area contributed by atoms with Crippen molar-refractivity contribution in [2.24, 2.45) is 0 Å². The normalized spacial score (nSPS) is 14.0. The number of amides is 2. The molecule has 1 fully saturated rings. The summed E-state index contributed by atoms with van der Waals surface area (Å²) in [5.74, 6) is -0.165. The van der Waals surface area contributed by atoms with Gasteiger partial charge >= 0.3 is 12.1 Å². The number of piperazine rings is 1. The molecule has 0 N–H and O–H groups in total. The summed E-state index contributed by atoms with van der Waals surface area (Å²) in [5, 5.41) is 0. The number of carbonyl (C=O) groups is 3. The highest BCUT2D eigenvalue weighted by atomic mass is 79.9. The maximum Gasteiger partial charge on any atom is 0.409 e. The van der Waals surface area contributed by atoms with Gasteiger partial charge < -0.3 is 24.0 Å². The number of rotatable bonds is 5. The van der Waals surface area contributed by atoms with Crippen molar-refractivity contribution in [3.05, 3.63) is 28.2 Å². The summed E-state index contributed by atoms with van der Waals surface area (Å²) in [5.41, 5.74) is 0.383. The van der Waals surface area contributed by atoms with Crippen LogP contribution in [0.2, 0.25) is 0 Å². The number of ether oxygens (including phenoxy) is 3. The van der Waals surface area contributed by atoms with E-state index in [4.69, 9.17) is 9.47 Å². The Balaban J connectivity index is 1.84. The highest BCUT2D eigenvalue weighted by Gasteiger charge is 2.25. The zero-order valence-electron chi connectivity index (χ0n) is 14.7. The lowest BCUT2D eigenvalue weighted by Gasteiger charge is -2.34. The highest BCUT2D eigenvalue weighted by Crippen LogP contribution is 2.26. The molecular formula is C17H21BrN2O6. The second-order valence-electron chi connectivity index (χ2n) is 5.49.